The first kappa shape index (κ1) is 15.2. The maximum Gasteiger partial charge on any atom is 0.217 e. The van der Waals surface area contributed by atoms with Crippen LogP contribution >= 0.6 is 0 Å². The molecule has 2 aromatic carbocycles. The highest BCUT2D eigenvalue weighted by molar-refractivity contribution is 5.94. The molecule has 0 radical (unpaired) electrons. The van der Waals surface area contributed by atoms with Crippen LogP contribution in [0.4, 0.5) is 0 Å². The molecule has 0 aliphatic carbocycles. The Balaban J connectivity index is 1.78. The molecular weight excluding hydrogens is 314 g/mol. The molecule has 0 spiro atoms. The number of hydrogen-bond donors (Lipinski definition) is 1. The van der Waals surface area contributed by atoms with E-state index in [0.29, 0.717) is 17.9 Å². The van der Waals surface area contributed by atoms with E-state index in [4.69, 9.17) is 9.83 Å². The van der Waals surface area contributed by atoms with Gasteiger partial charge in [-0.1, -0.05) is 42.5 Å². The molecule has 5 heteroatoms. The lowest BCUT2D eigenvalue weighted by atomic mass is 10.2. The molecule has 4 rings (SSSR count). The lowest BCUT2D eigenvalue weighted by Crippen LogP contribution is -2.27. The summed E-state index contributed by atoms with van der Waals surface area (Å²) in [7, 11) is 0. The predicted molar refractivity (Wildman–Crippen MR) is 94.4 cm³/mol. The van der Waals surface area contributed by atoms with Crippen molar-refractivity contribution in [3.05, 3.63) is 89.9 Å². The van der Waals surface area contributed by atoms with Crippen molar-refractivity contribution in [3.8, 4) is 0 Å². The summed E-state index contributed by atoms with van der Waals surface area (Å²) in [5, 5.41) is 8.59. The van der Waals surface area contributed by atoms with Crippen molar-refractivity contribution >= 4 is 16.8 Å². The minimum atomic E-state index is -0.147. The van der Waals surface area contributed by atoms with Crippen LogP contribution < -0.4 is 5.62 Å². The van der Waals surface area contributed by atoms with Gasteiger partial charge < -0.3 is 13.6 Å². The van der Waals surface area contributed by atoms with Crippen LogP contribution in [0, 0.1) is 5.41 Å². The summed E-state index contributed by atoms with van der Waals surface area (Å²) in [5.74, 6) is 0.165. The fourth-order valence-electron chi connectivity index (χ4n) is 3.04. The Kier molecular flexibility index (Phi) is 3.82. The molecule has 0 saturated carbocycles. The average Bonchev–Trinajstić information content (AvgIpc) is 3.26. The van der Waals surface area contributed by atoms with E-state index in [1.54, 1.807) is 16.7 Å². The molecule has 0 unspecified atom stereocenters. The van der Waals surface area contributed by atoms with Crippen molar-refractivity contribution in [2.75, 3.05) is 0 Å². The summed E-state index contributed by atoms with van der Waals surface area (Å²) >= 11 is 0. The standard InChI is InChI=1S/C20H17N3O2/c21-20-22(13-15-7-2-1-3-8-15)16-9-4-5-10-17(16)23(20)14-18(24)19-11-6-12-25-19/h1-12,21H,13-14H2. The van der Waals surface area contributed by atoms with Crippen molar-refractivity contribution in [2.24, 2.45) is 0 Å². The summed E-state index contributed by atoms with van der Waals surface area (Å²) in [6, 6.07) is 21.1. The Labute approximate surface area is 144 Å². The van der Waals surface area contributed by atoms with Gasteiger partial charge in [0.15, 0.2) is 5.76 Å². The first-order chi connectivity index (χ1) is 12.2. The number of hydrogen-bond acceptors (Lipinski definition) is 3. The maximum atomic E-state index is 12.4. The Morgan fingerprint density at radius 1 is 0.880 bits per heavy atom. The summed E-state index contributed by atoms with van der Waals surface area (Å²) < 4.78 is 8.83. The Hall–Kier alpha value is -3.34. The monoisotopic (exact) mass is 331 g/mol. The zero-order valence-corrected chi connectivity index (χ0v) is 13.6. The van der Waals surface area contributed by atoms with E-state index >= 15 is 0 Å². The third-order valence-corrected chi connectivity index (χ3v) is 4.26. The number of Topliss-reactive ketones (excluding diaryl/α,β-unsaturated/α-hetero) is 1. The second-order valence-corrected chi connectivity index (χ2v) is 5.87. The quantitative estimate of drug-likeness (QED) is 0.569. The van der Waals surface area contributed by atoms with Crippen LogP contribution in [0.1, 0.15) is 16.1 Å². The normalized spacial score (nSPS) is 11.0. The van der Waals surface area contributed by atoms with Crippen LogP contribution in [0.15, 0.2) is 77.4 Å². The lowest BCUT2D eigenvalue weighted by Gasteiger charge is -2.04. The fraction of sp³-hybridized carbons (Fsp3) is 0.100. The van der Waals surface area contributed by atoms with E-state index in [0.717, 1.165) is 16.6 Å². The average molecular weight is 331 g/mol. The molecule has 25 heavy (non-hydrogen) atoms. The number of nitrogens with one attached hydrogen (secondary N) is 1. The highest BCUT2D eigenvalue weighted by atomic mass is 16.3. The number of rotatable bonds is 5. The second kappa shape index (κ2) is 6.28. The maximum absolute atomic E-state index is 12.4. The third kappa shape index (κ3) is 2.80. The Morgan fingerprint density at radius 3 is 2.24 bits per heavy atom. The molecule has 1 N–H and O–H groups in total. The number of carbonyl (C=O) groups excluding carboxylic acids is 1. The number of furan rings is 1. The first-order valence-electron chi connectivity index (χ1n) is 8.07. The van der Waals surface area contributed by atoms with E-state index in [1.165, 1.54) is 6.26 Å². The van der Waals surface area contributed by atoms with E-state index in [9.17, 15) is 4.79 Å². The van der Waals surface area contributed by atoms with E-state index in [1.807, 2.05) is 59.2 Å². The van der Waals surface area contributed by atoms with Gasteiger partial charge >= 0.3 is 0 Å². The highest BCUT2D eigenvalue weighted by Crippen LogP contribution is 2.15. The van der Waals surface area contributed by atoms with Crippen LogP contribution in [0.5, 0.6) is 0 Å². The lowest BCUT2D eigenvalue weighted by molar-refractivity contribution is 0.0944. The molecule has 4 aromatic rings. The van der Waals surface area contributed by atoms with Gasteiger partial charge in [0.05, 0.1) is 30.4 Å². The second-order valence-electron chi connectivity index (χ2n) is 5.87. The van der Waals surface area contributed by atoms with E-state index in [-0.39, 0.29) is 12.3 Å². The van der Waals surface area contributed by atoms with Gasteiger partial charge in [0, 0.05) is 0 Å². The van der Waals surface area contributed by atoms with Gasteiger partial charge in [0.25, 0.3) is 0 Å². The van der Waals surface area contributed by atoms with Gasteiger partial charge in [-0.15, -0.1) is 0 Å². The van der Waals surface area contributed by atoms with Crippen molar-refractivity contribution in [1.82, 2.24) is 9.13 Å². The summed E-state index contributed by atoms with van der Waals surface area (Å²) in [4.78, 5) is 12.4. The molecule has 2 aromatic heterocycles. The van der Waals surface area contributed by atoms with E-state index < -0.39 is 0 Å². The SMILES string of the molecule is N=c1n(CC(=O)c2ccco2)c2ccccc2n1Cc1ccccc1. The van der Waals surface area contributed by atoms with Gasteiger partial charge in [0.2, 0.25) is 11.4 Å². The minimum Gasteiger partial charge on any atom is -0.461 e. The molecule has 0 bridgehead atoms. The number of benzene rings is 2. The van der Waals surface area contributed by atoms with Crippen molar-refractivity contribution in [1.29, 1.82) is 5.41 Å². The molecule has 0 amide bonds. The predicted octanol–water partition coefficient (Wildman–Crippen LogP) is 3.45. The fourth-order valence-corrected chi connectivity index (χ4v) is 3.04. The van der Waals surface area contributed by atoms with Gasteiger partial charge in [-0.05, 0) is 29.8 Å². The summed E-state index contributed by atoms with van der Waals surface area (Å²) in [6.07, 6.45) is 1.48. The number of fused-ring (bicyclic) bond motifs is 1. The largest absolute Gasteiger partial charge is 0.461 e. The zero-order valence-electron chi connectivity index (χ0n) is 13.6. The zero-order chi connectivity index (χ0) is 17.2. The topological polar surface area (TPSA) is 63.9 Å². The van der Waals surface area contributed by atoms with Crippen LogP contribution in [0.3, 0.4) is 0 Å². The molecule has 2 heterocycles. The number of imidazole rings is 1. The Bertz CT molecular complexity index is 1070. The smallest absolute Gasteiger partial charge is 0.217 e. The number of para-hydroxylation sites is 2. The van der Waals surface area contributed by atoms with Crippen molar-refractivity contribution < 1.29 is 9.21 Å². The Morgan fingerprint density at radius 2 is 1.56 bits per heavy atom. The minimum absolute atomic E-state index is 0.0780. The number of ketones is 1. The number of carbonyl (C=O) groups is 1. The third-order valence-electron chi connectivity index (χ3n) is 4.26. The molecule has 124 valence electrons. The number of aromatic nitrogens is 2. The van der Waals surface area contributed by atoms with Crippen molar-refractivity contribution in [3.63, 3.8) is 0 Å². The van der Waals surface area contributed by atoms with Gasteiger partial charge in [0.1, 0.15) is 0 Å². The van der Waals surface area contributed by atoms with Gasteiger partial charge in [-0.3, -0.25) is 10.2 Å². The molecule has 5 nitrogen and oxygen atoms in total. The molecule has 0 saturated heterocycles. The summed E-state index contributed by atoms with van der Waals surface area (Å²) in [5.41, 5.74) is 3.21. The molecule has 0 fully saturated rings. The molecule has 0 atom stereocenters. The van der Waals surface area contributed by atoms with Gasteiger partial charge in [-0.2, -0.15) is 0 Å². The van der Waals surface area contributed by atoms with E-state index in [2.05, 4.69) is 0 Å². The van der Waals surface area contributed by atoms with Crippen LogP contribution in [0.25, 0.3) is 11.0 Å². The van der Waals surface area contributed by atoms with Crippen LogP contribution in [0.2, 0.25) is 0 Å². The van der Waals surface area contributed by atoms with Crippen molar-refractivity contribution in [2.45, 2.75) is 13.1 Å². The molecule has 0 aliphatic heterocycles. The number of nitrogens with zero attached hydrogens (tertiary/aromatic N) is 2. The summed E-state index contributed by atoms with van der Waals surface area (Å²) in [6.45, 7) is 0.663. The highest BCUT2D eigenvalue weighted by Gasteiger charge is 2.16. The van der Waals surface area contributed by atoms with Crippen LogP contribution in [-0.2, 0) is 13.1 Å². The van der Waals surface area contributed by atoms with Crippen LogP contribution in [-0.4, -0.2) is 14.9 Å². The molecular formula is C20H17N3O2. The van der Waals surface area contributed by atoms with Gasteiger partial charge in [-0.25, -0.2) is 0 Å². The molecule has 0 aliphatic rings. The first-order valence-corrected chi connectivity index (χ1v) is 8.07.